The molecule has 0 unspecified atom stereocenters. The maximum Gasteiger partial charge on any atom is 0.387 e. The summed E-state index contributed by atoms with van der Waals surface area (Å²) < 4.78 is 28.7. The topological polar surface area (TPSA) is 9.23 Å². The third-order valence-electron chi connectivity index (χ3n) is 5.43. The van der Waals surface area contributed by atoms with E-state index < -0.39 is 6.61 Å². The molecule has 2 aromatic carbocycles. The summed E-state index contributed by atoms with van der Waals surface area (Å²) in [5.41, 5.74) is 3.80. The van der Waals surface area contributed by atoms with Crippen molar-refractivity contribution in [3.8, 4) is 5.75 Å². The van der Waals surface area contributed by atoms with Crippen molar-refractivity contribution >= 4 is 0 Å². The van der Waals surface area contributed by atoms with Crippen LogP contribution in [0.3, 0.4) is 0 Å². The molecule has 1 saturated carbocycles. The highest BCUT2D eigenvalue weighted by molar-refractivity contribution is 5.33. The van der Waals surface area contributed by atoms with E-state index in [9.17, 15) is 8.78 Å². The number of halogens is 2. The third-order valence-corrected chi connectivity index (χ3v) is 5.43. The Morgan fingerprint density at radius 3 is 1.96 bits per heavy atom. The zero-order valence-corrected chi connectivity index (χ0v) is 14.8. The molecule has 0 aliphatic heterocycles. The summed E-state index contributed by atoms with van der Waals surface area (Å²) in [6, 6.07) is 15.8. The molecule has 0 heterocycles. The molecule has 0 saturated heterocycles. The molecule has 0 spiro atoms. The first-order valence-electron chi connectivity index (χ1n) is 9.26. The molecule has 2 aromatic rings. The average Bonchev–Trinajstić information content (AvgIpc) is 2.64. The summed E-state index contributed by atoms with van der Waals surface area (Å²) in [5.74, 6) is 1.84. The van der Waals surface area contributed by atoms with E-state index in [1.165, 1.54) is 43.2 Å². The number of hydrogen-bond acceptors (Lipinski definition) is 1. The van der Waals surface area contributed by atoms with E-state index in [1.807, 2.05) is 12.1 Å². The Kier molecular flexibility index (Phi) is 6.06. The molecule has 1 aliphatic carbocycles. The summed E-state index contributed by atoms with van der Waals surface area (Å²) in [5, 5.41) is 0. The molecular weight excluding hydrogens is 318 g/mol. The van der Waals surface area contributed by atoms with Gasteiger partial charge in [0, 0.05) is 0 Å². The van der Waals surface area contributed by atoms with Gasteiger partial charge in [-0.2, -0.15) is 8.78 Å². The second-order valence-corrected chi connectivity index (χ2v) is 7.07. The van der Waals surface area contributed by atoms with Gasteiger partial charge in [0.2, 0.25) is 0 Å². The maximum atomic E-state index is 12.2. The molecule has 3 heteroatoms. The van der Waals surface area contributed by atoms with Crippen molar-refractivity contribution in [2.75, 3.05) is 0 Å². The molecule has 0 radical (unpaired) electrons. The number of hydrogen-bond donors (Lipinski definition) is 0. The number of benzene rings is 2. The summed E-state index contributed by atoms with van der Waals surface area (Å²) in [6.45, 7) is -0.475. The summed E-state index contributed by atoms with van der Waals surface area (Å²) in [7, 11) is 0. The highest BCUT2D eigenvalue weighted by atomic mass is 19.3. The van der Waals surface area contributed by atoms with Crippen molar-refractivity contribution in [3.05, 3.63) is 65.2 Å². The van der Waals surface area contributed by atoms with E-state index >= 15 is 0 Å². The lowest BCUT2D eigenvalue weighted by Gasteiger charge is -2.28. The van der Waals surface area contributed by atoms with Crippen LogP contribution < -0.4 is 4.74 Å². The van der Waals surface area contributed by atoms with Gasteiger partial charge >= 0.3 is 6.61 Å². The minimum Gasteiger partial charge on any atom is -0.435 e. The molecule has 0 aromatic heterocycles. The summed E-state index contributed by atoms with van der Waals surface area (Å²) >= 11 is 0. The quantitative estimate of drug-likeness (QED) is 0.576. The van der Waals surface area contributed by atoms with Gasteiger partial charge in [-0.15, -0.1) is 0 Å². The van der Waals surface area contributed by atoms with Crippen molar-refractivity contribution in [3.63, 3.8) is 0 Å². The third kappa shape index (κ3) is 5.04. The van der Waals surface area contributed by atoms with Crippen LogP contribution in [0.2, 0.25) is 0 Å². The van der Waals surface area contributed by atoms with E-state index in [0.717, 1.165) is 17.9 Å². The number of alkyl halides is 2. The standard InChI is InChI=1S/C22H26F2O/c1-2-16-3-9-19(10-4-16)20-11-5-17(6-12-20)15-18-7-13-21(14-8-18)25-22(23)24/h5-8,11-14,16,19,22H,2-4,9-10,15H2,1H3. The lowest BCUT2D eigenvalue weighted by atomic mass is 9.78. The Bertz CT molecular complexity index is 641. The number of ether oxygens (including phenoxy) is 1. The van der Waals surface area contributed by atoms with Crippen LogP contribution in [0.1, 0.15) is 61.6 Å². The molecule has 0 N–H and O–H groups in total. The minimum absolute atomic E-state index is 0.205. The molecule has 0 bridgehead atoms. The van der Waals surface area contributed by atoms with Gasteiger partial charge in [-0.3, -0.25) is 0 Å². The molecule has 0 amide bonds. The molecule has 1 nitrogen and oxygen atoms in total. The first-order chi connectivity index (χ1) is 12.1. The first-order valence-corrected chi connectivity index (χ1v) is 9.26. The smallest absolute Gasteiger partial charge is 0.387 e. The maximum absolute atomic E-state index is 12.2. The van der Waals surface area contributed by atoms with Crippen LogP contribution in [-0.4, -0.2) is 6.61 Å². The van der Waals surface area contributed by atoms with Gasteiger partial charge in [-0.05, 0) is 72.8 Å². The Hall–Kier alpha value is -1.90. The van der Waals surface area contributed by atoms with Crippen LogP contribution in [0.15, 0.2) is 48.5 Å². The molecule has 3 rings (SSSR count). The minimum atomic E-state index is -2.77. The molecule has 1 fully saturated rings. The summed E-state index contributed by atoms with van der Waals surface area (Å²) in [6.07, 6.45) is 7.45. The SMILES string of the molecule is CCC1CCC(c2ccc(Cc3ccc(OC(F)F)cc3)cc2)CC1. The van der Waals surface area contributed by atoms with Crippen LogP contribution in [0.4, 0.5) is 8.78 Å². The molecule has 134 valence electrons. The Morgan fingerprint density at radius 1 is 0.880 bits per heavy atom. The van der Waals surface area contributed by atoms with Crippen molar-refractivity contribution < 1.29 is 13.5 Å². The van der Waals surface area contributed by atoms with E-state index in [2.05, 4.69) is 35.9 Å². The lowest BCUT2D eigenvalue weighted by molar-refractivity contribution is -0.0498. The van der Waals surface area contributed by atoms with Crippen LogP contribution >= 0.6 is 0 Å². The van der Waals surface area contributed by atoms with Gasteiger partial charge in [-0.1, -0.05) is 49.7 Å². The van der Waals surface area contributed by atoms with Crippen LogP contribution in [0.5, 0.6) is 5.75 Å². The largest absolute Gasteiger partial charge is 0.435 e. The van der Waals surface area contributed by atoms with Crippen molar-refractivity contribution in [1.29, 1.82) is 0 Å². The average molecular weight is 344 g/mol. The lowest BCUT2D eigenvalue weighted by Crippen LogP contribution is -2.12. The Labute approximate surface area is 149 Å². The summed E-state index contributed by atoms with van der Waals surface area (Å²) in [4.78, 5) is 0. The van der Waals surface area contributed by atoms with Crippen LogP contribution in [0.25, 0.3) is 0 Å². The van der Waals surface area contributed by atoms with Crippen LogP contribution in [0, 0.1) is 5.92 Å². The fourth-order valence-electron chi connectivity index (χ4n) is 3.84. The van der Waals surface area contributed by atoms with Gasteiger partial charge in [0.25, 0.3) is 0 Å². The molecule has 0 atom stereocenters. The predicted octanol–water partition coefficient (Wildman–Crippen LogP) is 6.56. The Balaban J connectivity index is 1.57. The highest BCUT2D eigenvalue weighted by Gasteiger charge is 2.21. The van der Waals surface area contributed by atoms with Crippen molar-refractivity contribution in [2.24, 2.45) is 5.92 Å². The van der Waals surface area contributed by atoms with E-state index in [0.29, 0.717) is 5.92 Å². The highest BCUT2D eigenvalue weighted by Crippen LogP contribution is 2.37. The zero-order valence-electron chi connectivity index (χ0n) is 14.8. The van der Waals surface area contributed by atoms with Gasteiger partial charge in [0.1, 0.15) is 5.75 Å². The fourth-order valence-corrected chi connectivity index (χ4v) is 3.84. The van der Waals surface area contributed by atoms with E-state index in [1.54, 1.807) is 12.1 Å². The fraction of sp³-hybridized carbons (Fsp3) is 0.455. The monoisotopic (exact) mass is 344 g/mol. The van der Waals surface area contributed by atoms with Crippen molar-refractivity contribution in [2.45, 2.75) is 58.0 Å². The number of rotatable bonds is 6. The first kappa shape index (κ1) is 17.9. The van der Waals surface area contributed by atoms with Gasteiger partial charge in [-0.25, -0.2) is 0 Å². The molecular formula is C22H26F2O. The van der Waals surface area contributed by atoms with E-state index in [-0.39, 0.29) is 5.75 Å². The molecule has 25 heavy (non-hydrogen) atoms. The second kappa shape index (κ2) is 8.46. The molecule has 1 aliphatic rings. The second-order valence-electron chi connectivity index (χ2n) is 7.07. The zero-order chi connectivity index (χ0) is 17.6. The van der Waals surface area contributed by atoms with Gasteiger partial charge < -0.3 is 4.74 Å². The van der Waals surface area contributed by atoms with Gasteiger partial charge in [0.05, 0.1) is 0 Å². The van der Waals surface area contributed by atoms with E-state index in [4.69, 9.17) is 0 Å². The van der Waals surface area contributed by atoms with Crippen LogP contribution in [-0.2, 0) is 6.42 Å². The van der Waals surface area contributed by atoms with Gasteiger partial charge in [0.15, 0.2) is 0 Å². The normalized spacial score (nSPS) is 20.6. The Morgan fingerprint density at radius 2 is 1.44 bits per heavy atom. The van der Waals surface area contributed by atoms with Crippen molar-refractivity contribution in [1.82, 2.24) is 0 Å². The predicted molar refractivity (Wildman–Crippen MR) is 97.3 cm³/mol.